The summed E-state index contributed by atoms with van der Waals surface area (Å²) in [5.74, 6) is 2.26. The van der Waals surface area contributed by atoms with Crippen molar-refractivity contribution in [3.05, 3.63) is 59.9 Å². The van der Waals surface area contributed by atoms with Gasteiger partial charge in [0.1, 0.15) is 23.7 Å². The monoisotopic (exact) mass is 345 g/mol. The number of nitrogen functional groups attached to an aromatic ring is 1. The Labute approximate surface area is 150 Å². The Hall–Kier alpha value is -3.12. The average Bonchev–Trinajstić information content (AvgIpc) is 3.08. The molecule has 1 aliphatic heterocycles. The maximum Gasteiger partial charge on any atom is 0.152 e. The number of pyridine rings is 1. The largest absolute Gasteiger partial charge is 0.489 e. The van der Waals surface area contributed by atoms with Crippen LogP contribution in [0.4, 0.5) is 5.82 Å². The normalized spacial score (nSPS) is 13.8. The predicted molar refractivity (Wildman–Crippen MR) is 102 cm³/mol. The van der Waals surface area contributed by atoms with Crippen LogP contribution in [0.5, 0.6) is 5.75 Å². The number of imidazole rings is 1. The molecular formula is C20H19N5O. The van der Waals surface area contributed by atoms with Crippen LogP contribution >= 0.6 is 0 Å². The molecule has 130 valence electrons. The molecule has 2 aromatic carbocycles. The number of anilines is 1. The molecule has 6 heteroatoms. The van der Waals surface area contributed by atoms with E-state index in [2.05, 4.69) is 25.9 Å². The summed E-state index contributed by atoms with van der Waals surface area (Å²) in [5, 5.41) is 4.40. The third kappa shape index (κ3) is 2.46. The van der Waals surface area contributed by atoms with Crippen molar-refractivity contribution in [2.75, 3.05) is 12.3 Å². The standard InChI is InChI=1S/C20H19N5O/c21-20-18-19(25-9-8-22-11-17(25)24-18)15-7-6-14(10-16(15)23-20)26-12-13-4-2-1-3-5-13/h1-7,10,22H,8-9,11-12H2,(H2,21,23). The van der Waals surface area contributed by atoms with Crippen molar-refractivity contribution in [2.45, 2.75) is 19.7 Å². The Morgan fingerprint density at radius 1 is 1.12 bits per heavy atom. The lowest BCUT2D eigenvalue weighted by Gasteiger charge is -2.16. The van der Waals surface area contributed by atoms with Gasteiger partial charge >= 0.3 is 0 Å². The molecule has 3 heterocycles. The van der Waals surface area contributed by atoms with Crippen LogP contribution in [0.2, 0.25) is 0 Å². The van der Waals surface area contributed by atoms with Crippen molar-refractivity contribution >= 4 is 27.8 Å². The molecule has 4 aromatic rings. The van der Waals surface area contributed by atoms with Crippen LogP contribution in [0.3, 0.4) is 0 Å². The minimum Gasteiger partial charge on any atom is -0.489 e. The molecule has 0 amide bonds. The van der Waals surface area contributed by atoms with Crippen LogP contribution in [-0.2, 0) is 19.7 Å². The summed E-state index contributed by atoms with van der Waals surface area (Å²) in [6.07, 6.45) is 0. The highest BCUT2D eigenvalue weighted by molar-refractivity contribution is 6.07. The molecule has 26 heavy (non-hydrogen) atoms. The number of fused-ring (bicyclic) bond motifs is 5. The fourth-order valence-electron chi connectivity index (χ4n) is 3.54. The van der Waals surface area contributed by atoms with E-state index in [0.717, 1.165) is 58.7 Å². The van der Waals surface area contributed by atoms with Gasteiger partial charge in [-0.25, -0.2) is 9.97 Å². The molecule has 0 atom stereocenters. The number of ether oxygens (including phenoxy) is 1. The Morgan fingerprint density at radius 3 is 2.88 bits per heavy atom. The van der Waals surface area contributed by atoms with Crippen molar-refractivity contribution < 1.29 is 4.74 Å². The van der Waals surface area contributed by atoms with Gasteiger partial charge < -0.3 is 20.4 Å². The first-order chi connectivity index (χ1) is 12.8. The molecule has 1 aliphatic rings. The predicted octanol–water partition coefficient (Wildman–Crippen LogP) is 2.85. The van der Waals surface area contributed by atoms with Crippen molar-refractivity contribution in [1.29, 1.82) is 0 Å². The van der Waals surface area contributed by atoms with Gasteiger partial charge in [-0.1, -0.05) is 30.3 Å². The molecular weight excluding hydrogens is 326 g/mol. The number of nitrogens with zero attached hydrogens (tertiary/aromatic N) is 3. The van der Waals surface area contributed by atoms with E-state index in [0.29, 0.717) is 12.4 Å². The zero-order valence-electron chi connectivity index (χ0n) is 14.3. The quantitative estimate of drug-likeness (QED) is 0.597. The summed E-state index contributed by atoms with van der Waals surface area (Å²) in [5.41, 5.74) is 10.0. The topological polar surface area (TPSA) is 78.0 Å². The number of nitrogens with two attached hydrogens (primary N) is 1. The first kappa shape index (κ1) is 15.2. The van der Waals surface area contributed by atoms with E-state index >= 15 is 0 Å². The first-order valence-electron chi connectivity index (χ1n) is 8.75. The maximum absolute atomic E-state index is 6.20. The Balaban J connectivity index is 1.57. The highest BCUT2D eigenvalue weighted by atomic mass is 16.5. The molecule has 0 fully saturated rings. The zero-order chi connectivity index (χ0) is 17.5. The third-order valence-electron chi connectivity index (χ3n) is 4.80. The average molecular weight is 345 g/mol. The first-order valence-corrected chi connectivity index (χ1v) is 8.75. The fraction of sp³-hybridized carbons (Fsp3) is 0.200. The zero-order valence-corrected chi connectivity index (χ0v) is 14.3. The molecule has 0 bridgehead atoms. The van der Waals surface area contributed by atoms with Crippen LogP contribution in [-0.4, -0.2) is 21.1 Å². The summed E-state index contributed by atoms with van der Waals surface area (Å²) in [6, 6.07) is 16.1. The Bertz CT molecular complexity index is 1100. The lowest BCUT2D eigenvalue weighted by atomic mass is 10.1. The SMILES string of the molecule is Nc1nc2cc(OCc3ccccc3)ccc2c2c1nc1n2CCNC1. The smallest absolute Gasteiger partial charge is 0.152 e. The van der Waals surface area contributed by atoms with Crippen LogP contribution in [0.15, 0.2) is 48.5 Å². The molecule has 0 aliphatic carbocycles. The minimum atomic E-state index is 0.467. The van der Waals surface area contributed by atoms with Crippen molar-refractivity contribution in [3.8, 4) is 5.75 Å². The van der Waals surface area contributed by atoms with Crippen LogP contribution in [0, 0.1) is 0 Å². The minimum absolute atomic E-state index is 0.467. The fourth-order valence-corrected chi connectivity index (χ4v) is 3.54. The van der Waals surface area contributed by atoms with Crippen LogP contribution in [0.25, 0.3) is 21.9 Å². The number of hydrogen-bond donors (Lipinski definition) is 2. The van der Waals surface area contributed by atoms with Crippen molar-refractivity contribution in [1.82, 2.24) is 19.9 Å². The van der Waals surface area contributed by atoms with Crippen molar-refractivity contribution in [2.24, 2.45) is 0 Å². The molecule has 0 saturated heterocycles. The molecule has 3 N–H and O–H groups in total. The molecule has 0 unspecified atom stereocenters. The van der Waals surface area contributed by atoms with E-state index < -0.39 is 0 Å². The Morgan fingerprint density at radius 2 is 2.00 bits per heavy atom. The van der Waals surface area contributed by atoms with Crippen LogP contribution in [0.1, 0.15) is 11.4 Å². The summed E-state index contributed by atoms with van der Waals surface area (Å²) in [4.78, 5) is 9.25. The van der Waals surface area contributed by atoms with Crippen LogP contribution < -0.4 is 15.8 Å². The summed E-state index contributed by atoms with van der Waals surface area (Å²) in [7, 11) is 0. The van der Waals surface area contributed by atoms with E-state index in [1.54, 1.807) is 0 Å². The van der Waals surface area contributed by atoms with Gasteiger partial charge in [0.15, 0.2) is 5.82 Å². The second-order valence-electron chi connectivity index (χ2n) is 6.50. The molecule has 0 spiro atoms. The summed E-state index contributed by atoms with van der Waals surface area (Å²) in [6.45, 7) is 3.10. The lowest BCUT2D eigenvalue weighted by molar-refractivity contribution is 0.306. The molecule has 0 saturated carbocycles. The summed E-state index contributed by atoms with van der Waals surface area (Å²) < 4.78 is 8.18. The molecule has 2 aromatic heterocycles. The van der Waals surface area contributed by atoms with Gasteiger partial charge in [0.25, 0.3) is 0 Å². The van der Waals surface area contributed by atoms with E-state index in [1.807, 2.05) is 42.5 Å². The maximum atomic E-state index is 6.20. The molecule has 0 radical (unpaired) electrons. The number of benzene rings is 2. The Kier molecular flexibility index (Phi) is 3.50. The van der Waals surface area contributed by atoms with Gasteiger partial charge in [0.05, 0.1) is 17.6 Å². The highest BCUT2D eigenvalue weighted by Gasteiger charge is 2.19. The number of hydrogen-bond acceptors (Lipinski definition) is 5. The second-order valence-corrected chi connectivity index (χ2v) is 6.50. The van der Waals surface area contributed by atoms with Gasteiger partial charge in [-0.05, 0) is 17.7 Å². The summed E-state index contributed by atoms with van der Waals surface area (Å²) >= 11 is 0. The van der Waals surface area contributed by atoms with Gasteiger partial charge in [-0.3, -0.25) is 0 Å². The van der Waals surface area contributed by atoms with Crippen molar-refractivity contribution in [3.63, 3.8) is 0 Å². The van der Waals surface area contributed by atoms with E-state index in [9.17, 15) is 0 Å². The number of nitrogens with one attached hydrogen (secondary N) is 1. The molecule has 5 rings (SSSR count). The van der Waals surface area contributed by atoms with Gasteiger partial charge in [-0.15, -0.1) is 0 Å². The highest BCUT2D eigenvalue weighted by Crippen LogP contribution is 2.31. The lowest BCUT2D eigenvalue weighted by Crippen LogP contribution is -2.28. The molecule has 6 nitrogen and oxygen atoms in total. The number of aromatic nitrogens is 3. The van der Waals surface area contributed by atoms with E-state index in [1.165, 1.54) is 0 Å². The van der Waals surface area contributed by atoms with Gasteiger partial charge in [0, 0.05) is 24.5 Å². The van der Waals surface area contributed by atoms with Gasteiger partial charge in [-0.2, -0.15) is 0 Å². The van der Waals surface area contributed by atoms with E-state index in [-0.39, 0.29) is 0 Å². The third-order valence-corrected chi connectivity index (χ3v) is 4.80. The number of rotatable bonds is 3. The van der Waals surface area contributed by atoms with Gasteiger partial charge in [0.2, 0.25) is 0 Å². The second kappa shape index (κ2) is 6.00. The van der Waals surface area contributed by atoms with E-state index in [4.69, 9.17) is 10.5 Å².